The van der Waals surface area contributed by atoms with Crippen molar-refractivity contribution in [3.8, 4) is 0 Å². The number of carbonyl (C=O) groups is 1. The summed E-state index contributed by atoms with van der Waals surface area (Å²) in [5.41, 5.74) is 1.66. The summed E-state index contributed by atoms with van der Waals surface area (Å²) >= 11 is 0. The topological polar surface area (TPSA) is 50.4 Å². The summed E-state index contributed by atoms with van der Waals surface area (Å²) in [5, 5.41) is 6.18. The maximum atomic E-state index is 11.6. The number of para-hydroxylation sites is 1. The van der Waals surface area contributed by atoms with Crippen molar-refractivity contribution in [3.63, 3.8) is 0 Å². The number of anilines is 1. The molecule has 4 nitrogen and oxygen atoms in total. The molecule has 2 N–H and O–H groups in total. The average Bonchev–Trinajstić information content (AvgIpc) is 2.36. The Hall–Kier alpha value is -1.71. The lowest BCUT2D eigenvalue weighted by molar-refractivity contribution is 0.0523. The van der Waals surface area contributed by atoms with Crippen LogP contribution in [-0.2, 0) is 11.3 Å². The van der Waals surface area contributed by atoms with Crippen LogP contribution in [0.15, 0.2) is 24.3 Å². The van der Waals surface area contributed by atoms with Gasteiger partial charge in [0.25, 0.3) is 0 Å². The van der Waals surface area contributed by atoms with Crippen molar-refractivity contribution in [3.05, 3.63) is 29.8 Å². The van der Waals surface area contributed by atoms with Crippen molar-refractivity contribution in [2.24, 2.45) is 0 Å². The van der Waals surface area contributed by atoms with Crippen LogP contribution in [0.5, 0.6) is 0 Å². The molecule has 1 aromatic carbocycles. The molecule has 0 spiro atoms. The van der Waals surface area contributed by atoms with Gasteiger partial charge in [0.05, 0.1) is 0 Å². The van der Waals surface area contributed by atoms with Gasteiger partial charge < -0.3 is 15.4 Å². The summed E-state index contributed by atoms with van der Waals surface area (Å²) in [6.07, 6.45) is 1.90. The minimum atomic E-state index is -0.469. The van der Waals surface area contributed by atoms with Gasteiger partial charge in [-0.3, -0.25) is 0 Å². The van der Waals surface area contributed by atoms with E-state index in [2.05, 4.69) is 17.6 Å². The monoisotopic (exact) mass is 278 g/mol. The Kier molecular flexibility index (Phi) is 6.36. The Morgan fingerprint density at radius 2 is 1.95 bits per heavy atom. The fraction of sp³-hybridized carbons (Fsp3) is 0.562. The van der Waals surface area contributed by atoms with Crippen LogP contribution in [0.4, 0.5) is 10.5 Å². The maximum Gasteiger partial charge on any atom is 0.407 e. The molecule has 0 saturated carbocycles. The van der Waals surface area contributed by atoms with Gasteiger partial charge in [-0.2, -0.15) is 0 Å². The van der Waals surface area contributed by atoms with Crippen molar-refractivity contribution in [2.45, 2.75) is 52.7 Å². The number of hydrogen-bond acceptors (Lipinski definition) is 3. The summed E-state index contributed by atoms with van der Waals surface area (Å²) in [7, 11) is 0. The highest BCUT2D eigenvalue weighted by atomic mass is 16.6. The van der Waals surface area contributed by atoms with E-state index in [-0.39, 0.29) is 6.09 Å². The van der Waals surface area contributed by atoms with Crippen LogP contribution in [-0.4, -0.2) is 18.2 Å². The Morgan fingerprint density at radius 1 is 1.25 bits per heavy atom. The van der Waals surface area contributed by atoms with Gasteiger partial charge in [-0.05, 0) is 38.8 Å². The highest BCUT2D eigenvalue weighted by Crippen LogP contribution is 2.15. The van der Waals surface area contributed by atoms with E-state index in [9.17, 15) is 4.79 Å². The second-order valence-corrected chi connectivity index (χ2v) is 5.79. The predicted molar refractivity (Wildman–Crippen MR) is 82.9 cm³/mol. The summed E-state index contributed by atoms with van der Waals surface area (Å²) in [4.78, 5) is 11.6. The van der Waals surface area contributed by atoms with Crippen molar-refractivity contribution in [1.29, 1.82) is 0 Å². The van der Waals surface area contributed by atoms with E-state index in [4.69, 9.17) is 4.74 Å². The van der Waals surface area contributed by atoms with E-state index >= 15 is 0 Å². The van der Waals surface area contributed by atoms with Gasteiger partial charge in [-0.1, -0.05) is 31.5 Å². The Balaban J connectivity index is 2.52. The van der Waals surface area contributed by atoms with Crippen LogP contribution < -0.4 is 10.6 Å². The summed E-state index contributed by atoms with van der Waals surface area (Å²) in [6, 6.07) is 8.00. The van der Waals surface area contributed by atoms with Crippen LogP contribution >= 0.6 is 0 Å². The third kappa shape index (κ3) is 6.45. The maximum absolute atomic E-state index is 11.6. The Labute approximate surface area is 121 Å². The van der Waals surface area contributed by atoms with Gasteiger partial charge >= 0.3 is 6.09 Å². The first-order chi connectivity index (χ1) is 9.42. The van der Waals surface area contributed by atoms with Crippen molar-refractivity contribution >= 4 is 11.8 Å². The molecule has 0 aliphatic rings. The molecule has 0 fully saturated rings. The lowest BCUT2D eigenvalue weighted by atomic mass is 10.1. The Morgan fingerprint density at radius 3 is 2.60 bits per heavy atom. The van der Waals surface area contributed by atoms with E-state index in [0.717, 1.165) is 30.6 Å². The van der Waals surface area contributed by atoms with Crippen LogP contribution in [0, 0.1) is 0 Å². The molecule has 4 heteroatoms. The minimum absolute atomic E-state index is 0.388. The second-order valence-electron chi connectivity index (χ2n) is 5.79. The van der Waals surface area contributed by atoms with Crippen LogP contribution in [0.25, 0.3) is 0 Å². The molecule has 1 aromatic rings. The standard InChI is InChI=1S/C16H26N2O2/c1-5-6-11-17-14-10-8-7-9-13(14)12-18-15(19)20-16(2,3)4/h7-10,17H,5-6,11-12H2,1-4H3,(H,18,19). The third-order valence-corrected chi connectivity index (χ3v) is 2.69. The molecule has 0 aromatic heterocycles. The van der Waals surface area contributed by atoms with Crippen molar-refractivity contribution in [2.75, 3.05) is 11.9 Å². The van der Waals surface area contributed by atoms with E-state index in [1.165, 1.54) is 0 Å². The first kappa shape index (κ1) is 16.3. The zero-order chi connectivity index (χ0) is 15.0. The summed E-state index contributed by atoms with van der Waals surface area (Å²) in [5.74, 6) is 0. The quantitative estimate of drug-likeness (QED) is 0.775. The SMILES string of the molecule is CCCCNc1ccccc1CNC(=O)OC(C)(C)C. The molecule has 112 valence electrons. The lowest BCUT2D eigenvalue weighted by Crippen LogP contribution is -2.32. The normalized spacial score (nSPS) is 11.0. The van der Waals surface area contributed by atoms with Crippen molar-refractivity contribution < 1.29 is 9.53 Å². The molecule has 0 saturated heterocycles. The summed E-state index contributed by atoms with van der Waals surface area (Å²) in [6.45, 7) is 9.13. The van der Waals surface area contributed by atoms with E-state index in [1.54, 1.807) is 0 Å². The highest BCUT2D eigenvalue weighted by Gasteiger charge is 2.15. The largest absolute Gasteiger partial charge is 0.444 e. The number of hydrogen-bond donors (Lipinski definition) is 2. The number of ether oxygens (including phenoxy) is 1. The van der Waals surface area contributed by atoms with E-state index in [0.29, 0.717) is 6.54 Å². The third-order valence-electron chi connectivity index (χ3n) is 2.69. The fourth-order valence-corrected chi connectivity index (χ4v) is 1.73. The van der Waals surface area contributed by atoms with Crippen LogP contribution in [0.1, 0.15) is 46.1 Å². The molecule has 0 unspecified atom stereocenters. The average molecular weight is 278 g/mol. The summed E-state index contributed by atoms with van der Waals surface area (Å²) < 4.78 is 5.23. The first-order valence-electron chi connectivity index (χ1n) is 7.21. The molecular weight excluding hydrogens is 252 g/mol. The molecule has 1 amide bonds. The van der Waals surface area contributed by atoms with Crippen molar-refractivity contribution in [1.82, 2.24) is 5.32 Å². The minimum Gasteiger partial charge on any atom is -0.444 e. The first-order valence-corrected chi connectivity index (χ1v) is 7.21. The zero-order valence-electron chi connectivity index (χ0n) is 13.0. The van der Waals surface area contributed by atoms with E-state index < -0.39 is 5.60 Å². The van der Waals surface area contributed by atoms with Gasteiger partial charge in [0, 0.05) is 18.8 Å². The highest BCUT2D eigenvalue weighted by molar-refractivity contribution is 5.68. The van der Waals surface area contributed by atoms with Gasteiger partial charge in [0.1, 0.15) is 5.60 Å². The molecule has 20 heavy (non-hydrogen) atoms. The molecular formula is C16H26N2O2. The number of rotatable bonds is 6. The zero-order valence-corrected chi connectivity index (χ0v) is 13.0. The number of amides is 1. The lowest BCUT2D eigenvalue weighted by Gasteiger charge is -2.20. The molecule has 0 bridgehead atoms. The Bertz CT molecular complexity index is 425. The number of carbonyl (C=O) groups excluding carboxylic acids is 1. The second kappa shape index (κ2) is 7.78. The molecule has 0 heterocycles. The van der Waals surface area contributed by atoms with Crippen LogP contribution in [0.3, 0.4) is 0 Å². The number of benzene rings is 1. The van der Waals surface area contributed by atoms with Gasteiger partial charge in [-0.25, -0.2) is 4.79 Å². The van der Waals surface area contributed by atoms with Gasteiger partial charge in [-0.15, -0.1) is 0 Å². The van der Waals surface area contributed by atoms with Gasteiger partial charge in [0.15, 0.2) is 0 Å². The number of alkyl carbamates (subject to hydrolysis) is 1. The van der Waals surface area contributed by atoms with Crippen LogP contribution in [0.2, 0.25) is 0 Å². The smallest absolute Gasteiger partial charge is 0.407 e. The molecule has 1 rings (SSSR count). The molecule has 0 atom stereocenters. The predicted octanol–water partition coefficient (Wildman–Crippen LogP) is 3.92. The molecule has 0 radical (unpaired) electrons. The number of unbranched alkanes of at least 4 members (excludes halogenated alkanes) is 1. The molecule has 0 aliphatic heterocycles. The number of nitrogens with one attached hydrogen (secondary N) is 2. The molecule has 0 aliphatic carbocycles. The fourth-order valence-electron chi connectivity index (χ4n) is 1.73. The van der Waals surface area contributed by atoms with E-state index in [1.807, 2.05) is 45.0 Å². The van der Waals surface area contributed by atoms with Gasteiger partial charge in [0.2, 0.25) is 0 Å².